The van der Waals surface area contributed by atoms with E-state index in [-0.39, 0.29) is 35.0 Å². The van der Waals surface area contributed by atoms with E-state index in [9.17, 15) is 24.0 Å². The van der Waals surface area contributed by atoms with E-state index in [1.165, 1.54) is 7.11 Å². The molecule has 0 radical (unpaired) electrons. The molecule has 0 spiro atoms. The molecule has 7 atom stereocenters. The number of methoxy groups -OCH3 is 1. The number of hydrogen-bond acceptors (Lipinski definition) is 7. The third-order valence-electron chi connectivity index (χ3n) is 11.1. The zero-order valence-electron chi connectivity index (χ0n) is 30.1. The van der Waals surface area contributed by atoms with Crippen molar-refractivity contribution < 1.29 is 28.7 Å². The molecule has 6 rings (SSSR count). The molecule has 0 aliphatic carbocycles. The first kappa shape index (κ1) is 37.6. The van der Waals surface area contributed by atoms with E-state index in [0.29, 0.717) is 57.2 Å². The minimum Gasteiger partial charge on any atom is -0.467 e. The summed E-state index contributed by atoms with van der Waals surface area (Å²) in [6.45, 7) is 0.702. The summed E-state index contributed by atoms with van der Waals surface area (Å²) in [4.78, 5) is 72.3. The molecule has 4 heterocycles. The van der Waals surface area contributed by atoms with Gasteiger partial charge in [-0.2, -0.15) is 0 Å². The highest BCUT2D eigenvalue weighted by Crippen LogP contribution is 2.35. The van der Waals surface area contributed by atoms with Crippen LogP contribution in [0.1, 0.15) is 75.3 Å². The Hall–Kier alpha value is -4.12. The highest BCUT2D eigenvalue weighted by Gasteiger charge is 2.44. The lowest BCUT2D eigenvalue weighted by molar-refractivity contribution is -0.156. The largest absolute Gasteiger partial charge is 0.467 e. The van der Waals surface area contributed by atoms with Gasteiger partial charge in [0.15, 0.2) is 0 Å². The van der Waals surface area contributed by atoms with Crippen molar-refractivity contribution >= 4 is 41.4 Å². The van der Waals surface area contributed by atoms with Gasteiger partial charge in [-0.15, -0.1) is 11.8 Å². The van der Waals surface area contributed by atoms with Gasteiger partial charge in [0.05, 0.1) is 18.5 Å². The summed E-state index contributed by atoms with van der Waals surface area (Å²) in [5.41, 5.74) is 2.00. The predicted molar refractivity (Wildman–Crippen MR) is 201 cm³/mol. The minimum absolute atomic E-state index is 0.0283. The summed E-state index contributed by atoms with van der Waals surface area (Å²) < 4.78 is 5.06. The zero-order valence-corrected chi connectivity index (χ0v) is 30.9. The van der Waals surface area contributed by atoms with Crippen molar-refractivity contribution in [2.75, 3.05) is 19.4 Å². The molecule has 11 heteroatoms. The normalized spacial score (nSPS) is 25.8. The monoisotopic (exact) mass is 728 g/mol. The van der Waals surface area contributed by atoms with Crippen LogP contribution in [0.5, 0.6) is 0 Å². The molecule has 2 aromatic rings. The van der Waals surface area contributed by atoms with Crippen molar-refractivity contribution in [3.63, 3.8) is 0 Å². The van der Waals surface area contributed by atoms with Crippen LogP contribution in [-0.2, 0) is 41.6 Å². The second-order valence-corrected chi connectivity index (χ2v) is 15.8. The fraction of sp³-hybridized carbons (Fsp3) is 0.537. The van der Waals surface area contributed by atoms with Gasteiger partial charge < -0.3 is 25.2 Å². The Kier molecular flexibility index (Phi) is 13.1. The van der Waals surface area contributed by atoms with Crippen LogP contribution >= 0.6 is 11.8 Å². The maximum Gasteiger partial charge on any atom is 0.328 e. The SMILES string of the molecule is COC(=O)[C@@H]1CCC[C@@H]2SCC[C@H](NC(=O)[C@H](CC[C@H](Cc3ccccc3)C(=O)N[C@H]3CC=C[C@H]4CCCCN4C3=O)Cc3ccccc3)C(=O)N21. The molecular weight excluding hydrogens is 677 g/mol. The molecule has 0 bridgehead atoms. The van der Waals surface area contributed by atoms with Gasteiger partial charge in [-0.1, -0.05) is 72.8 Å². The number of thioether (sulfide) groups is 1. The summed E-state index contributed by atoms with van der Waals surface area (Å²) in [7, 11) is 1.34. The lowest BCUT2D eigenvalue weighted by Crippen LogP contribution is -2.57. The maximum atomic E-state index is 14.2. The van der Waals surface area contributed by atoms with Gasteiger partial charge >= 0.3 is 5.97 Å². The molecule has 3 fully saturated rings. The lowest BCUT2D eigenvalue weighted by atomic mass is 9.86. The first-order valence-electron chi connectivity index (χ1n) is 19.0. The van der Waals surface area contributed by atoms with Gasteiger partial charge in [-0.05, 0) is 93.9 Å². The molecule has 4 aliphatic rings. The molecule has 4 amide bonds. The Morgan fingerprint density at radius 1 is 0.788 bits per heavy atom. The van der Waals surface area contributed by atoms with Crippen LogP contribution in [0.4, 0.5) is 0 Å². The van der Waals surface area contributed by atoms with Crippen LogP contribution in [0, 0.1) is 11.8 Å². The van der Waals surface area contributed by atoms with Gasteiger partial charge in [0.2, 0.25) is 23.6 Å². The van der Waals surface area contributed by atoms with Crippen LogP contribution in [0.25, 0.3) is 0 Å². The number of rotatable bonds is 12. The molecule has 4 aliphatic heterocycles. The number of amides is 4. The smallest absolute Gasteiger partial charge is 0.328 e. The van der Waals surface area contributed by atoms with Crippen LogP contribution in [0.3, 0.4) is 0 Å². The third kappa shape index (κ3) is 9.26. The summed E-state index contributed by atoms with van der Waals surface area (Å²) in [5, 5.41) is 6.08. The second kappa shape index (κ2) is 18.1. The highest BCUT2D eigenvalue weighted by atomic mass is 32.2. The standard InChI is InChI=1S/C41H52N4O6S/c1-51-41(50)35-19-11-20-36-45(35)40(49)34(23-25-52-36)43-38(47)31(27-29-14-6-3-7-15-29)22-21-30(26-28-12-4-2-5-13-28)37(46)42-33-18-10-17-32-16-8-9-24-44(32)39(33)48/h2-7,10,12-15,17,30-36H,8-9,11,16,18-27H2,1H3,(H,42,46)(H,43,47)/t30-,31-,32-,33+,34+,35+,36+/m1/s1. The number of piperidine rings is 2. The number of benzene rings is 2. The first-order chi connectivity index (χ1) is 25.3. The molecule has 0 unspecified atom stereocenters. The van der Waals surface area contributed by atoms with Crippen LogP contribution < -0.4 is 10.6 Å². The topological polar surface area (TPSA) is 125 Å². The summed E-state index contributed by atoms with van der Waals surface area (Å²) in [6, 6.07) is 17.7. The fourth-order valence-corrected chi connectivity index (χ4v) is 9.59. The average molecular weight is 729 g/mol. The number of carbonyl (C=O) groups excluding carboxylic acids is 5. The quantitative estimate of drug-likeness (QED) is 0.238. The van der Waals surface area contributed by atoms with Crippen molar-refractivity contribution in [1.82, 2.24) is 20.4 Å². The highest BCUT2D eigenvalue weighted by molar-refractivity contribution is 7.99. The molecular formula is C41H52N4O6S. The summed E-state index contributed by atoms with van der Waals surface area (Å²) >= 11 is 1.66. The number of fused-ring (bicyclic) bond motifs is 2. The van der Waals surface area contributed by atoms with Gasteiger partial charge in [0.1, 0.15) is 18.1 Å². The van der Waals surface area contributed by atoms with E-state index in [2.05, 4.69) is 16.7 Å². The summed E-state index contributed by atoms with van der Waals surface area (Å²) in [5.74, 6) is -1.42. The molecule has 0 aromatic heterocycles. The molecule has 3 saturated heterocycles. The first-order valence-corrected chi connectivity index (χ1v) is 20.0. The van der Waals surface area contributed by atoms with Gasteiger partial charge in [-0.3, -0.25) is 19.2 Å². The molecule has 52 heavy (non-hydrogen) atoms. The Labute approximate surface area is 311 Å². The third-order valence-corrected chi connectivity index (χ3v) is 12.4. The average Bonchev–Trinajstić information content (AvgIpc) is 3.43. The van der Waals surface area contributed by atoms with E-state index in [1.54, 1.807) is 16.7 Å². The Balaban J connectivity index is 1.19. The number of ether oxygens (including phenoxy) is 1. The van der Waals surface area contributed by atoms with Gasteiger partial charge in [0.25, 0.3) is 0 Å². The van der Waals surface area contributed by atoms with Crippen molar-refractivity contribution in [2.24, 2.45) is 11.8 Å². The Morgan fingerprint density at radius 2 is 1.42 bits per heavy atom. The lowest BCUT2D eigenvalue weighted by Gasteiger charge is -2.40. The van der Waals surface area contributed by atoms with E-state index in [4.69, 9.17) is 4.74 Å². The Bertz CT molecular complexity index is 1590. The van der Waals surface area contributed by atoms with E-state index in [0.717, 1.165) is 43.2 Å². The zero-order chi connectivity index (χ0) is 36.5. The molecule has 0 saturated carbocycles. The van der Waals surface area contributed by atoms with E-state index in [1.807, 2.05) is 71.6 Å². The van der Waals surface area contributed by atoms with Crippen molar-refractivity contribution in [1.29, 1.82) is 0 Å². The summed E-state index contributed by atoms with van der Waals surface area (Å²) in [6.07, 6.45) is 12.0. The number of carbonyl (C=O) groups is 5. The maximum absolute atomic E-state index is 14.2. The van der Waals surface area contributed by atoms with Crippen molar-refractivity contribution in [3.05, 3.63) is 83.9 Å². The van der Waals surface area contributed by atoms with Gasteiger partial charge in [0, 0.05) is 18.4 Å². The fourth-order valence-electron chi connectivity index (χ4n) is 8.21. The predicted octanol–water partition coefficient (Wildman–Crippen LogP) is 4.81. The van der Waals surface area contributed by atoms with E-state index >= 15 is 0 Å². The number of nitrogens with one attached hydrogen (secondary N) is 2. The Morgan fingerprint density at radius 3 is 2.06 bits per heavy atom. The van der Waals surface area contributed by atoms with Crippen LogP contribution in [-0.4, -0.2) is 88.3 Å². The number of esters is 1. The molecule has 2 N–H and O–H groups in total. The molecule has 2 aromatic carbocycles. The molecule has 278 valence electrons. The van der Waals surface area contributed by atoms with Crippen LogP contribution in [0.2, 0.25) is 0 Å². The minimum atomic E-state index is -0.759. The molecule has 10 nitrogen and oxygen atoms in total. The second-order valence-electron chi connectivity index (χ2n) is 14.6. The van der Waals surface area contributed by atoms with Crippen molar-refractivity contribution in [2.45, 2.75) is 107 Å². The van der Waals surface area contributed by atoms with Crippen molar-refractivity contribution in [3.8, 4) is 0 Å². The number of nitrogens with zero attached hydrogens (tertiary/aromatic N) is 2. The number of hydrogen-bond donors (Lipinski definition) is 2. The van der Waals surface area contributed by atoms with Crippen LogP contribution in [0.15, 0.2) is 72.8 Å². The van der Waals surface area contributed by atoms with Gasteiger partial charge in [-0.25, -0.2) is 4.79 Å². The van der Waals surface area contributed by atoms with E-state index < -0.39 is 35.9 Å².